The molecule has 4 atom stereocenters. The predicted molar refractivity (Wildman–Crippen MR) is 71.2 cm³/mol. The molecule has 8 heteroatoms. The lowest BCUT2D eigenvalue weighted by molar-refractivity contribution is -0.514. The predicted octanol–water partition coefficient (Wildman–Crippen LogP) is 1.15. The van der Waals surface area contributed by atoms with Gasteiger partial charge in [-0.25, -0.2) is 0 Å². The molecule has 0 radical (unpaired) electrons. The molecule has 0 fully saturated rings. The normalized spacial score (nSPS) is 24.7. The smallest absolute Gasteiger partial charge is 0.295 e. The zero-order chi connectivity index (χ0) is 14.9. The van der Waals surface area contributed by atoms with Crippen LogP contribution in [0.1, 0.15) is 18.6 Å². The van der Waals surface area contributed by atoms with E-state index >= 15 is 0 Å². The molecule has 20 heavy (non-hydrogen) atoms. The van der Waals surface area contributed by atoms with Gasteiger partial charge in [0.25, 0.3) is 6.04 Å². The van der Waals surface area contributed by atoms with Crippen LogP contribution in [0.15, 0.2) is 29.4 Å². The molecule has 108 valence electrons. The first-order valence-corrected chi connectivity index (χ1v) is 6.25. The van der Waals surface area contributed by atoms with Crippen LogP contribution in [-0.4, -0.2) is 39.1 Å². The van der Waals surface area contributed by atoms with E-state index in [0.29, 0.717) is 10.6 Å². The summed E-state index contributed by atoms with van der Waals surface area (Å²) in [4.78, 5) is 15.3. The number of hydrogen-bond donors (Lipinski definition) is 2. The molecule has 2 rings (SSSR count). The fourth-order valence-corrected chi connectivity index (χ4v) is 2.18. The SMILES string of the molecule is CC1=NO[C@@H]([C@@H](O)[C@H](O)c2ccc(Cl)cc2)[C@@H]1[N+](=O)[O-]. The van der Waals surface area contributed by atoms with Crippen molar-refractivity contribution >= 4 is 17.3 Å². The number of nitro groups is 1. The molecule has 1 aromatic rings. The van der Waals surface area contributed by atoms with Gasteiger partial charge in [0.05, 0.1) is 0 Å². The van der Waals surface area contributed by atoms with Gasteiger partial charge in [-0.3, -0.25) is 10.1 Å². The Balaban J connectivity index is 2.16. The average Bonchev–Trinajstić information content (AvgIpc) is 2.80. The van der Waals surface area contributed by atoms with Gasteiger partial charge in [-0.05, 0) is 24.6 Å². The van der Waals surface area contributed by atoms with Crippen molar-refractivity contribution in [2.75, 3.05) is 0 Å². The van der Waals surface area contributed by atoms with Gasteiger partial charge >= 0.3 is 0 Å². The van der Waals surface area contributed by atoms with Crippen LogP contribution in [0.4, 0.5) is 0 Å². The van der Waals surface area contributed by atoms with Gasteiger partial charge in [-0.1, -0.05) is 28.9 Å². The molecular weight excluding hydrogens is 288 g/mol. The molecule has 1 heterocycles. The van der Waals surface area contributed by atoms with Crippen molar-refractivity contribution < 1.29 is 20.0 Å². The largest absolute Gasteiger partial charge is 0.386 e. The molecule has 0 saturated carbocycles. The highest BCUT2D eigenvalue weighted by atomic mass is 35.5. The summed E-state index contributed by atoms with van der Waals surface area (Å²) < 4.78 is 0. The molecule has 7 nitrogen and oxygen atoms in total. The molecule has 0 amide bonds. The van der Waals surface area contributed by atoms with E-state index in [-0.39, 0.29) is 5.71 Å². The molecule has 0 bridgehead atoms. The van der Waals surface area contributed by atoms with Crippen molar-refractivity contribution in [1.82, 2.24) is 0 Å². The number of benzene rings is 1. The lowest BCUT2D eigenvalue weighted by atomic mass is 9.95. The maximum absolute atomic E-state index is 11.0. The molecule has 1 aromatic carbocycles. The highest BCUT2D eigenvalue weighted by molar-refractivity contribution is 6.30. The van der Waals surface area contributed by atoms with Crippen LogP contribution in [-0.2, 0) is 4.84 Å². The van der Waals surface area contributed by atoms with Crippen LogP contribution < -0.4 is 0 Å². The molecule has 1 aliphatic rings. The van der Waals surface area contributed by atoms with Gasteiger partial charge in [0, 0.05) is 9.95 Å². The number of aliphatic hydroxyl groups excluding tert-OH is 2. The van der Waals surface area contributed by atoms with Crippen LogP contribution in [0.25, 0.3) is 0 Å². The number of aliphatic hydroxyl groups is 2. The van der Waals surface area contributed by atoms with Gasteiger partial charge in [0.15, 0.2) is 0 Å². The maximum Gasteiger partial charge on any atom is 0.295 e. The van der Waals surface area contributed by atoms with Gasteiger partial charge < -0.3 is 15.1 Å². The Kier molecular flexibility index (Phi) is 4.22. The highest BCUT2D eigenvalue weighted by Gasteiger charge is 2.48. The summed E-state index contributed by atoms with van der Waals surface area (Å²) in [6.45, 7) is 1.44. The van der Waals surface area contributed by atoms with E-state index in [9.17, 15) is 20.3 Å². The quantitative estimate of drug-likeness (QED) is 0.641. The third kappa shape index (κ3) is 2.74. The summed E-state index contributed by atoms with van der Waals surface area (Å²) in [6.07, 6.45) is -4.04. The monoisotopic (exact) mass is 300 g/mol. The van der Waals surface area contributed by atoms with Crippen molar-refractivity contribution in [1.29, 1.82) is 0 Å². The Hall–Kier alpha value is -1.70. The molecular formula is C12H13ClN2O5. The topological polar surface area (TPSA) is 105 Å². The van der Waals surface area contributed by atoms with Gasteiger partial charge in [0.2, 0.25) is 6.10 Å². The second-order valence-corrected chi connectivity index (χ2v) is 4.96. The summed E-state index contributed by atoms with van der Waals surface area (Å²) in [5.41, 5.74) is 0.541. The lowest BCUT2D eigenvalue weighted by Crippen LogP contribution is -2.45. The first kappa shape index (κ1) is 14.7. The summed E-state index contributed by atoms with van der Waals surface area (Å²) in [5, 5.41) is 35.1. The summed E-state index contributed by atoms with van der Waals surface area (Å²) >= 11 is 5.73. The minimum atomic E-state index is -1.48. The molecule has 0 unspecified atom stereocenters. The summed E-state index contributed by atoms with van der Waals surface area (Å²) in [5.74, 6) is 0. The van der Waals surface area contributed by atoms with Crippen LogP contribution >= 0.6 is 11.6 Å². The second kappa shape index (κ2) is 5.74. The first-order valence-electron chi connectivity index (χ1n) is 5.87. The fourth-order valence-electron chi connectivity index (χ4n) is 2.05. The van der Waals surface area contributed by atoms with Gasteiger partial charge in [-0.15, -0.1) is 0 Å². The third-order valence-electron chi connectivity index (χ3n) is 3.16. The van der Waals surface area contributed by atoms with Crippen molar-refractivity contribution in [3.63, 3.8) is 0 Å². The average molecular weight is 301 g/mol. The zero-order valence-electron chi connectivity index (χ0n) is 10.5. The van der Waals surface area contributed by atoms with E-state index in [1.807, 2.05) is 0 Å². The summed E-state index contributed by atoms with van der Waals surface area (Å²) in [7, 11) is 0. The Labute approximate surface area is 119 Å². The number of hydrogen-bond acceptors (Lipinski definition) is 6. The number of rotatable bonds is 4. The van der Waals surface area contributed by atoms with Crippen molar-refractivity contribution in [3.8, 4) is 0 Å². The van der Waals surface area contributed by atoms with E-state index in [0.717, 1.165) is 0 Å². The number of nitrogens with zero attached hydrogens (tertiary/aromatic N) is 2. The molecule has 0 aromatic heterocycles. The lowest BCUT2D eigenvalue weighted by Gasteiger charge is -2.23. The van der Waals surface area contributed by atoms with E-state index in [1.165, 1.54) is 19.1 Å². The fraction of sp³-hybridized carbons (Fsp3) is 0.417. The molecule has 0 saturated heterocycles. The molecule has 1 aliphatic heterocycles. The van der Waals surface area contributed by atoms with E-state index < -0.39 is 29.3 Å². The first-order chi connectivity index (χ1) is 9.41. The van der Waals surface area contributed by atoms with Crippen LogP contribution in [0.3, 0.4) is 0 Å². The minimum absolute atomic E-state index is 0.155. The Morgan fingerprint density at radius 2 is 2.00 bits per heavy atom. The minimum Gasteiger partial charge on any atom is -0.386 e. The van der Waals surface area contributed by atoms with Gasteiger partial charge in [0.1, 0.15) is 17.9 Å². The van der Waals surface area contributed by atoms with Crippen LogP contribution in [0, 0.1) is 10.1 Å². The van der Waals surface area contributed by atoms with Crippen molar-refractivity contribution in [2.24, 2.45) is 5.16 Å². The van der Waals surface area contributed by atoms with Crippen LogP contribution in [0.5, 0.6) is 0 Å². The third-order valence-corrected chi connectivity index (χ3v) is 3.41. The maximum atomic E-state index is 11.0. The second-order valence-electron chi connectivity index (χ2n) is 4.52. The standard InChI is InChI=1S/C12H13ClN2O5/c1-6-9(15(18)19)12(20-14-6)11(17)10(16)7-2-4-8(13)5-3-7/h2-5,9-12,16-17H,1H3/t9-,10-,11+,12-/m1/s1. The van der Waals surface area contributed by atoms with E-state index in [2.05, 4.69) is 5.16 Å². The van der Waals surface area contributed by atoms with Crippen LogP contribution in [0.2, 0.25) is 5.02 Å². The van der Waals surface area contributed by atoms with E-state index in [1.54, 1.807) is 12.1 Å². The highest BCUT2D eigenvalue weighted by Crippen LogP contribution is 2.27. The Morgan fingerprint density at radius 1 is 1.40 bits per heavy atom. The molecule has 0 spiro atoms. The Bertz CT molecular complexity index is 533. The molecule has 2 N–H and O–H groups in total. The molecule has 0 aliphatic carbocycles. The van der Waals surface area contributed by atoms with E-state index in [4.69, 9.17) is 16.4 Å². The van der Waals surface area contributed by atoms with Crippen molar-refractivity contribution in [2.45, 2.75) is 31.3 Å². The van der Waals surface area contributed by atoms with Gasteiger partial charge in [-0.2, -0.15) is 0 Å². The number of oxime groups is 1. The van der Waals surface area contributed by atoms with Crippen molar-refractivity contribution in [3.05, 3.63) is 45.0 Å². The number of halogens is 1. The summed E-state index contributed by atoms with van der Waals surface area (Å²) in [6, 6.07) is 4.89. The zero-order valence-corrected chi connectivity index (χ0v) is 11.3. The Morgan fingerprint density at radius 3 is 2.55 bits per heavy atom.